The minimum Gasteiger partial charge on any atom is -0.489 e. The molecular formula is C27H21N3O4S. The summed E-state index contributed by atoms with van der Waals surface area (Å²) in [6.07, 6.45) is 1.46. The second-order valence-corrected chi connectivity index (χ2v) is 9.25. The van der Waals surface area contributed by atoms with Crippen molar-refractivity contribution in [2.75, 3.05) is 5.32 Å². The Hall–Kier alpha value is -4.45. The summed E-state index contributed by atoms with van der Waals surface area (Å²) in [5, 5.41) is 19.4. The lowest BCUT2D eigenvalue weighted by Crippen LogP contribution is -2.14. The molecule has 0 radical (unpaired) electrons. The first kappa shape index (κ1) is 23.7. The van der Waals surface area contributed by atoms with Crippen LogP contribution in [0.15, 0.2) is 101 Å². The smallest absolute Gasteiger partial charge is 0.266 e. The van der Waals surface area contributed by atoms with Crippen LogP contribution < -0.4 is 15.2 Å². The van der Waals surface area contributed by atoms with Crippen LogP contribution >= 0.6 is 0 Å². The van der Waals surface area contributed by atoms with Crippen molar-refractivity contribution in [2.45, 2.75) is 11.5 Å². The Kier molecular flexibility index (Phi) is 6.92. The molecule has 4 rings (SSSR count). The normalized spacial score (nSPS) is 11.6. The fourth-order valence-electron chi connectivity index (χ4n) is 3.48. The van der Waals surface area contributed by atoms with Crippen molar-refractivity contribution in [2.24, 2.45) is 5.14 Å². The number of hydrogen-bond donors (Lipinski definition) is 2. The number of rotatable bonds is 7. The molecule has 0 unspecified atom stereocenters. The Labute approximate surface area is 203 Å². The first-order valence-electron chi connectivity index (χ1n) is 10.6. The van der Waals surface area contributed by atoms with Gasteiger partial charge < -0.3 is 10.1 Å². The number of hydrogen-bond acceptors (Lipinski definition) is 5. The fraction of sp³-hybridized carbons (Fsp3) is 0.0370. The van der Waals surface area contributed by atoms with E-state index in [-0.39, 0.29) is 10.5 Å². The molecule has 0 saturated carbocycles. The number of primary sulfonamides is 1. The molecule has 0 aliphatic rings. The Balaban J connectivity index is 1.42. The lowest BCUT2D eigenvalue weighted by Gasteiger charge is -2.09. The number of ether oxygens (including phenoxy) is 1. The summed E-state index contributed by atoms with van der Waals surface area (Å²) in [4.78, 5) is 12.4. The average Bonchev–Trinajstić information content (AvgIpc) is 2.86. The molecule has 174 valence electrons. The van der Waals surface area contributed by atoms with E-state index in [1.807, 2.05) is 30.3 Å². The summed E-state index contributed by atoms with van der Waals surface area (Å²) in [5.41, 5.74) is 1.96. The number of benzene rings is 4. The average molecular weight is 484 g/mol. The van der Waals surface area contributed by atoms with Crippen LogP contribution in [0.3, 0.4) is 0 Å². The van der Waals surface area contributed by atoms with E-state index in [0.29, 0.717) is 23.6 Å². The van der Waals surface area contributed by atoms with Crippen LogP contribution in [-0.2, 0) is 21.4 Å². The fourth-order valence-corrected chi connectivity index (χ4v) is 4.00. The van der Waals surface area contributed by atoms with E-state index < -0.39 is 15.9 Å². The molecule has 0 fully saturated rings. The molecular weight excluding hydrogens is 462 g/mol. The molecule has 4 aromatic carbocycles. The van der Waals surface area contributed by atoms with Crippen molar-refractivity contribution in [3.63, 3.8) is 0 Å². The topological polar surface area (TPSA) is 122 Å². The van der Waals surface area contributed by atoms with Gasteiger partial charge in [-0.2, -0.15) is 5.26 Å². The number of anilines is 1. The standard InChI is InChI=1S/C27H21N3O4S/c28-17-22(27(31)30-23-10-14-25(15-11-23)35(29,32)33)16-19-8-12-24(13-9-19)34-18-21-6-3-5-20-4-1-2-7-26(20)21/h1-16H,18H2,(H,30,31)(H2,29,32,33)/b22-16+. The summed E-state index contributed by atoms with van der Waals surface area (Å²) < 4.78 is 28.6. The summed E-state index contributed by atoms with van der Waals surface area (Å²) in [7, 11) is -3.83. The van der Waals surface area contributed by atoms with Gasteiger partial charge >= 0.3 is 0 Å². The highest BCUT2D eigenvalue weighted by molar-refractivity contribution is 7.89. The number of carbonyl (C=O) groups is 1. The highest BCUT2D eigenvalue weighted by Crippen LogP contribution is 2.22. The van der Waals surface area contributed by atoms with Gasteiger partial charge in [0.2, 0.25) is 10.0 Å². The minimum absolute atomic E-state index is 0.0747. The maximum atomic E-state index is 12.5. The number of nitriles is 1. The third-order valence-corrected chi connectivity index (χ3v) is 6.20. The summed E-state index contributed by atoms with van der Waals surface area (Å²) in [6.45, 7) is 0.409. The van der Waals surface area contributed by atoms with Crippen LogP contribution in [0.2, 0.25) is 0 Å². The molecule has 0 heterocycles. The molecule has 0 aliphatic carbocycles. The van der Waals surface area contributed by atoms with E-state index in [9.17, 15) is 18.5 Å². The molecule has 35 heavy (non-hydrogen) atoms. The summed E-state index contributed by atoms with van der Waals surface area (Å²) in [6, 6.07) is 28.5. The molecule has 1 amide bonds. The lowest BCUT2D eigenvalue weighted by atomic mass is 10.1. The monoisotopic (exact) mass is 483 g/mol. The molecule has 8 heteroatoms. The quantitative estimate of drug-likeness (QED) is 0.294. The van der Waals surface area contributed by atoms with Gasteiger partial charge in [-0.1, -0.05) is 54.6 Å². The Morgan fingerprint density at radius 3 is 2.31 bits per heavy atom. The van der Waals surface area contributed by atoms with E-state index in [2.05, 4.69) is 23.5 Å². The third kappa shape index (κ3) is 5.92. The molecule has 0 atom stereocenters. The SMILES string of the molecule is N#C/C(=C\c1ccc(OCc2cccc3ccccc23)cc1)C(=O)Nc1ccc(S(N)(=O)=O)cc1. The molecule has 0 spiro atoms. The van der Waals surface area contributed by atoms with Gasteiger partial charge in [0, 0.05) is 5.69 Å². The summed E-state index contributed by atoms with van der Waals surface area (Å²) >= 11 is 0. The largest absolute Gasteiger partial charge is 0.489 e. The highest BCUT2D eigenvalue weighted by Gasteiger charge is 2.12. The van der Waals surface area contributed by atoms with Crippen LogP contribution in [0.5, 0.6) is 5.75 Å². The first-order chi connectivity index (χ1) is 16.8. The molecule has 3 N–H and O–H groups in total. The number of nitrogens with zero attached hydrogens (tertiary/aromatic N) is 1. The van der Waals surface area contributed by atoms with Gasteiger partial charge in [0.1, 0.15) is 24.0 Å². The maximum Gasteiger partial charge on any atom is 0.266 e. The van der Waals surface area contributed by atoms with E-state index in [1.54, 1.807) is 24.3 Å². The third-order valence-electron chi connectivity index (χ3n) is 5.27. The molecule has 0 bridgehead atoms. The Bertz CT molecular complexity index is 1550. The van der Waals surface area contributed by atoms with Crippen LogP contribution in [-0.4, -0.2) is 14.3 Å². The zero-order valence-corrected chi connectivity index (χ0v) is 19.3. The second kappa shape index (κ2) is 10.2. The van der Waals surface area contributed by atoms with Crippen molar-refractivity contribution in [3.05, 3.63) is 108 Å². The van der Waals surface area contributed by atoms with Gasteiger partial charge in [0.25, 0.3) is 5.91 Å². The molecule has 0 aliphatic heterocycles. The number of fused-ring (bicyclic) bond motifs is 1. The van der Waals surface area contributed by atoms with E-state index in [1.165, 1.54) is 30.3 Å². The number of nitrogens with two attached hydrogens (primary N) is 1. The van der Waals surface area contributed by atoms with E-state index in [0.717, 1.165) is 16.3 Å². The predicted molar refractivity (Wildman–Crippen MR) is 135 cm³/mol. The van der Waals surface area contributed by atoms with Gasteiger partial charge in [-0.25, -0.2) is 13.6 Å². The first-order valence-corrected chi connectivity index (χ1v) is 12.1. The maximum absolute atomic E-state index is 12.5. The van der Waals surface area contributed by atoms with Crippen LogP contribution in [0.4, 0.5) is 5.69 Å². The molecule has 4 aromatic rings. The number of nitrogens with one attached hydrogen (secondary N) is 1. The van der Waals surface area contributed by atoms with Crippen molar-refractivity contribution in [3.8, 4) is 11.8 Å². The van der Waals surface area contributed by atoms with Gasteiger partial charge in [0.05, 0.1) is 4.90 Å². The number of amides is 1. The Morgan fingerprint density at radius 1 is 0.943 bits per heavy atom. The van der Waals surface area contributed by atoms with Crippen molar-refractivity contribution in [1.29, 1.82) is 5.26 Å². The van der Waals surface area contributed by atoms with Gasteiger partial charge in [-0.15, -0.1) is 0 Å². The Morgan fingerprint density at radius 2 is 1.63 bits per heavy atom. The number of carbonyl (C=O) groups excluding carboxylic acids is 1. The van der Waals surface area contributed by atoms with Crippen molar-refractivity contribution < 1.29 is 17.9 Å². The van der Waals surface area contributed by atoms with E-state index in [4.69, 9.17) is 9.88 Å². The van der Waals surface area contributed by atoms with Crippen molar-refractivity contribution in [1.82, 2.24) is 0 Å². The number of sulfonamides is 1. The molecule has 0 aromatic heterocycles. The van der Waals surface area contributed by atoms with Crippen LogP contribution in [0.25, 0.3) is 16.8 Å². The van der Waals surface area contributed by atoms with Gasteiger partial charge in [0.15, 0.2) is 0 Å². The van der Waals surface area contributed by atoms with Crippen molar-refractivity contribution >= 4 is 38.5 Å². The van der Waals surface area contributed by atoms with Gasteiger partial charge in [-0.3, -0.25) is 4.79 Å². The zero-order chi connectivity index (χ0) is 24.8. The lowest BCUT2D eigenvalue weighted by molar-refractivity contribution is -0.112. The molecule has 7 nitrogen and oxygen atoms in total. The van der Waals surface area contributed by atoms with Crippen LogP contribution in [0.1, 0.15) is 11.1 Å². The summed E-state index contributed by atoms with van der Waals surface area (Å²) in [5.74, 6) is 0.0418. The minimum atomic E-state index is -3.83. The van der Waals surface area contributed by atoms with Crippen LogP contribution in [0, 0.1) is 11.3 Å². The predicted octanol–water partition coefficient (Wildman–Crippen LogP) is 4.61. The van der Waals surface area contributed by atoms with E-state index >= 15 is 0 Å². The highest BCUT2D eigenvalue weighted by atomic mass is 32.2. The van der Waals surface area contributed by atoms with Gasteiger partial charge in [-0.05, 0) is 64.4 Å². The molecule has 0 saturated heterocycles. The second-order valence-electron chi connectivity index (χ2n) is 7.69. The zero-order valence-electron chi connectivity index (χ0n) is 18.5.